The predicted molar refractivity (Wildman–Crippen MR) is 125 cm³/mol. The van der Waals surface area contributed by atoms with Crippen LogP contribution in [0.15, 0.2) is 53.7 Å². The van der Waals surface area contributed by atoms with E-state index in [0.717, 1.165) is 11.3 Å². The first-order valence-corrected chi connectivity index (χ1v) is 10.6. The van der Waals surface area contributed by atoms with Crippen LogP contribution >= 0.6 is 12.2 Å². The summed E-state index contributed by atoms with van der Waals surface area (Å²) in [6.45, 7) is 6.97. The first-order valence-electron chi connectivity index (χ1n) is 10.2. The molecule has 0 saturated heterocycles. The summed E-state index contributed by atoms with van der Waals surface area (Å²) in [6, 6.07) is 12.5. The molecule has 0 radical (unpaired) electrons. The van der Waals surface area contributed by atoms with Crippen LogP contribution in [0.3, 0.4) is 0 Å². The Morgan fingerprint density at radius 1 is 1.10 bits per heavy atom. The Balaban J connectivity index is 2.19. The summed E-state index contributed by atoms with van der Waals surface area (Å²) in [5.41, 5.74) is 2.89. The van der Waals surface area contributed by atoms with Crippen LogP contribution in [0, 0.1) is 0 Å². The van der Waals surface area contributed by atoms with E-state index in [4.69, 9.17) is 26.4 Å². The van der Waals surface area contributed by atoms with Gasteiger partial charge in [-0.1, -0.05) is 30.3 Å². The second-order valence-electron chi connectivity index (χ2n) is 7.01. The Morgan fingerprint density at radius 2 is 1.71 bits per heavy atom. The van der Waals surface area contributed by atoms with Gasteiger partial charge in [0.25, 0.3) is 0 Å². The molecule has 0 saturated carbocycles. The highest BCUT2D eigenvalue weighted by Crippen LogP contribution is 2.42. The highest BCUT2D eigenvalue weighted by molar-refractivity contribution is 7.80. The van der Waals surface area contributed by atoms with Gasteiger partial charge >= 0.3 is 0 Å². The summed E-state index contributed by atoms with van der Waals surface area (Å²) in [4.78, 5) is 15.5. The maximum absolute atomic E-state index is 13.6. The monoisotopic (exact) mass is 440 g/mol. The van der Waals surface area contributed by atoms with Crippen molar-refractivity contribution in [3.05, 3.63) is 64.9 Å². The normalized spacial score (nSPS) is 16.1. The molecule has 0 aromatic heterocycles. The van der Waals surface area contributed by atoms with Gasteiger partial charge < -0.3 is 24.4 Å². The van der Waals surface area contributed by atoms with Crippen LogP contribution < -0.4 is 19.5 Å². The maximum atomic E-state index is 13.6. The van der Waals surface area contributed by atoms with Crippen LogP contribution in [0.25, 0.3) is 0 Å². The van der Waals surface area contributed by atoms with Gasteiger partial charge in [0.15, 0.2) is 22.4 Å². The number of rotatable bonds is 8. The highest BCUT2D eigenvalue weighted by atomic mass is 32.1. The topological polar surface area (TPSA) is 60.0 Å². The van der Waals surface area contributed by atoms with Crippen molar-refractivity contribution in [1.29, 1.82) is 0 Å². The number of thiocarbonyl (C=S) groups is 1. The van der Waals surface area contributed by atoms with E-state index in [9.17, 15) is 4.79 Å². The standard InChI is InChI=1S/C24H28N2O4S/c1-6-26-15(3)20(22(27)16-11-9-8-10-12-16)21(25-24(26)31)17-13-18(28-4)23(30-7-2)19(14-17)29-5/h8-14,21H,6-7H2,1-5H3,(H,25,31). The Hall–Kier alpha value is -3.06. The van der Waals surface area contributed by atoms with E-state index >= 15 is 0 Å². The van der Waals surface area contributed by atoms with E-state index in [1.807, 2.05) is 68.1 Å². The summed E-state index contributed by atoms with van der Waals surface area (Å²) in [5, 5.41) is 3.92. The molecule has 7 heteroatoms. The lowest BCUT2D eigenvalue weighted by Crippen LogP contribution is -2.47. The van der Waals surface area contributed by atoms with Gasteiger partial charge in [-0.2, -0.15) is 0 Å². The number of nitrogens with zero attached hydrogens (tertiary/aromatic N) is 1. The van der Waals surface area contributed by atoms with Crippen LogP contribution in [-0.4, -0.2) is 43.2 Å². The number of methoxy groups -OCH3 is 2. The Kier molecular flexibility index (Phi) is 7.17. The number of hydrogen-bond donors (Lipinski definition) is 1. The Labute approximate surface area is 188 Å². The average Bonchev–Trinajstić information content (AvgIpc) is 2.79. The number of ether oxygens (including phenoxy) is 3. The van der Waals surface area contributed by atoms with Crippen LogP contribution in [-0.2, 0) is 0 Å². The first kappa shape index (κ1) is 22.6. The summed E-state index contributed by atoms with van der Waals surface area (Å²) in [5.74, 6) is 1.54. The molecule has 1 heterocycles. The van der Waals surface area contributed by atoms with Crippen molar-refractivity contribution in [2.75, 3.05) is 27.4 Å². The van der Waals surface area contributed by atoms with E-state index in [0.29, 0.717) is 46.6 Å². The van der Waals surface area contributed by atoms with Crippen LogP contribution in [0.2, 0.25) is 0 Å². The number of allylic oxidation sites excluding steroid dienone is 1. The molecule has 0 spiro atoms. The molecule has 1 aliphatic heterocycles. The zero-order valence-electron chi connectivity index (χ0n) is 18.5. The van der Waals surface area contributed by atoms with Gasteiger partial charge in [0, 0.05) is 23.4 Å². The minimum atomic E-state index is -0.457. The number of nitrogens with one attached hydrogen (secondary N) is 1. The largest absolute Gasteiger partial charge is 0.493 e. The van der Waals surface area contributed by atoms with Crippen molar-refractivity contribution in [2.45, 2.75) is 26.8 Å². The molecular formula is C24H28N2O4S. The van der Waals surface area contributed by atoms with Gasteiger partial charge in [0.05, 0.1) is 26.9 Å². The fourth-order valence-corrected chi connectivity index (χ4v) is 4.19. The predicted octanol–water partition coefficient (Wildman–Crippen LogP) is 4.51. The molecule has 1 N–H and O–H groups in total. The second-order valence-corrected chi connectivity index (χ2v) is 7.40. The molecule has 0 bridgehead atoms. The summed E-state index contributed by atoms with van der Waals surface area (Å²) < 4.78 is 16.9. The third-order valence-corrected chi connectivity index (χ3v) is 5.64. The lowest BCUT2D eigenvalue weighted by Gasteiger charge is -2.37. The molecule has 2 aromatic rings. The van der Waals surface area contributed by atoms with Crippen molar-refractivity contribution < 1.29 is 19.0 Å². The molecular weight excluding hydrogens is 412 g/mol. The molecule has 2 aromatic carbocycles. The quantitative estimate of drug-likeness (QED) is 0.479. The van der Waals surface area contributed by atoms with E-state index in [-0.39, 0.29) is 5.78 Å². The number of carbonyl (C=O) groups is 1. The van der Waals surface area contributed by atoms with Gasteiger partial charge in [0.1, 0.15) is 0 Å². The van der Waals surface area contributed by atoms with Crippen molar-refractivity contribution in [3.63, 3.8) is 0 Å². The van der Waals surface area contributed by atoms with E-state index in [1.54, 1.807) is 14.2 Å². The lowest BCUT2D eigenvalue weighted by molar-refractivity contribution is 0.102. The van der Waals surface area contributed by atoms with Crippen LogP contribution in [0.1, 0.15) is 42.7 Å². The zero-order valence-corrected chi connectivity index (χ0v) is 19.3. The molecule has 1 unspecified atom stereocenters. The SMILES string of the molecule is CCOc1c(OC)cc(C2NC(=S)N(CC)C(C)=C2C(=O)c2ccccc2)cc1OC. The van der Waals surface area contributed by atoms with Crippen LogP contribution in [0.4, 0.5) is 0 Å². The molecule has 0 aliphatic carbocycles. The summed E-state index contributed by atoms with van der Waals surface area (Å²) >= 11 is 5.61. The van der Waals surface area contributed by atoms with Crippen molar-refractivity contribution in [2.24, 2.45) is 0 Å². The van der Waals surface area contributed by atoms with Gasteiger partial charge in [0.2, 0.25) is 5.75 Å². The Morgan fingerprint density at radius 3 is 2.23 bits per heavy atom. The van der Waals surface area contributed by atoms with E-state index < -0.39 is 6.04 Å². The van der Waals surface area contributed by atoms with Crippen molar-refractivity contribution in [1.82, 2.24) is 10.2 Å². The fourth-order valence-electron chi connectivity index (χ4n) is 3.80. The number of ketones is 1. The molecule has 3 rings (SSSR count). The summed E-state index contributed by atoms with van der Waals surface area (Å²) in [7, 11) is 3.16. The van der Waals surface area contributed by atoms with E-state index in [1.165, 1.54) is 0 Å². The molecule has 0 fully saturated rings. The molecule has 164 valence electrons. The lowest BCUT2D eigenvalue weighted by atomic mass is 9.89. The summed E-state index contributed by atoms with van der Waals surface area (Å²) in [6.07, 6.45) is 0. The Bertz CT molecular complexity index is 979. The minimum absolute atomic E-state index is 0.0524. The smallest absolute Gasteiger partial charge is 0.203 e. The number of benzene rings is 2. The molecule has 0 amide bonds. The highest BCUT2D eigenvalue weighted by Gasteiger charge is 2.34. The second kappa shape index (κ2) is 9.83. The number of carbonyl (C=O) groups excluding carboxylic acids is 1. The van der Waals surface area contributed by atoms with Crippen LogP contribution in [0.5, 0.6) is 17.2 Å². The molecule has 1 atom stereocenters. The molecule has 1 aliphatic rings. The van der Waals surface area contributed by atoms with Crippen molar-refractivity contribution >= 4 is 23.1 Å². The first-order chi connectivity index (χ1) is 15.0. The third-order valence-electron chi connectivity index (χ3n) is 5.30. The van der Waals surface area contributed by atoms with Crippen molar-refractivity contribution in [3.8, 4) is 17.2 Å². The fraction of sp³-hybridized carbons (Fsp3) is 0.333. The molecule has 31 heavy (non-hydrogen) atoms. The zero-order chi connectivity index (χ0) is 22.5. The van der Waals surface area contributed by atoms with E-state index in [2.05, 4.69) is 5.32 Å². The minimum Gasteiger partial charge on any atom is -0.493 e. The van der Waals surface area contributed by atoms with Gasteiger partial charge in [-0.3, -0.25) is 4.79 Å². The van der Waals surface area contributed by atoms with Gasteiger partial charge in [-0.15, -0.1) is 0 Å². The number of hydrogen-bond acceptors (Lipinski definition) is 5. The maximum Gasteiger partial charge on any atom is 0.203 e. The average molecular weight is 441 g/mol. The van der Waals surface area contributed by atoms with Gasteiger partial charge in [-0.25, -0.2) is 0 Å². The third kappa shape index (κ3) is 4.37. The number of Topliss-reactive ketones (excluding diaryl/α,β-unsaturated/α-hetero) is 1. The molecule has 6 nitrogen and oxygen atoms in total. The van der Waals surface area contributed by atoms with Gasteiger partial charge in [-0.05, 0) is 50.7 Å².